The maximum Gasteiger partial charge on any atom is 0.338 e. The number of esters is 1. The molecular formula is C9H11Cl2NO2. The molecule has 0 unspecified atom stereocenters. The number of aromatic nitrogens is 1. The van der Waals surface area contributed by atoms with Crippen molar-refractivity contribution in [1.29, 1.82) is 0 Å². The van der Waals surface area contributed by atoms with E-state index in [0.29, 0.717) is 5.56 Å². The third-order valence-corrected chi connectivity index (χ3v) is 1.57. The van der Waals surface area contributed by atoms with Gasteiger partial charge < -0.3 is 4.74 Å². The van der Waals surface area contributed by atoms with Crippen LogP contribution in [0.25, 0.3) is 0 Å². The summed E-state index contributed by atoms with van der Waals surface area (Å²) in [6, 6.07) is 2.78. The maximum atomic E-state index is 11.0. The average molecular weight is 236 g/mol. The smallest absolute Gasteiger partial charge is 0.338 e. The lowest BCUT2D eigenvalue weighted by Crippen LogP contribution is -2.01. The molecule has 0 saturated carbocycles. The molecule has 0 aliphatic heterocycles. The van der Waals surface area contributed by atoms with E-state index < -0.39 is 5.97 Å². The van der Waals surface area contributed by atoms with Gasteiger partial charge in [-0.2, -0.15) is 0 Å². The molecule has 1 rings (SSSR count). The van der Waals surface area contributed by atoms with Gasteiger partial charge in [0.25, 0.3) is 0 Å². The zero-order chi connectivity index (χ0) is 11.1. The van der Waals surface area contributed by atoms with Crippen LogP contribution in [0, 0.1) is 0 Å². The van der Waals surface area contributed by atoms with Crippen molar-refractivity contribution in [3.05, 3.63) is 28.0 Å². The Kier molecular flexibility index (Phi) is 6.25. The van der Waals surface area contributed by atoms with Crippen molar-refractivity contribution in [2.24, 2.45) is 0 Å². The Hall–Kier alpha value is -0.800. The first-order chi connectivity index (χ1) is 6.63. The molecule has 0 saturated heterocycles. The molecule has 0 aliphatic carbocycles. The summed E-state index contributed by atoms with van der Waals surface area (Å²) in [7, 11) is 1.28. The van der Waals surface area contributed by atoms with Crippen LogP contribution in [0.4, 0.5) is 0 Å². The fourth-order valence-corrected chi connectivity index (χ4v) is 1.16. The van der Waals surface area contributed by atoms with Gasteiger partial charge in [0.05, 0.1) is 12.7 Å². The van der Waals surface area contributed by atoms with Crippen LogP contribution in [0.2, 0.25) is 10.3 Å². The number of hydrogen-bond donors (Lipinski definition) is 0. The highest BCUT2D eigenvalue weighted by Crippen LogP contribution is 2.14. The summed E-state index contributed by atoms with van der Waals surface area (Å²) < 4.78 is 4.46. The zero-order valence-corrected chi connectivity index (χ0v) is 9.69. The molecule has 0 fully saturated rings. The minimum atomic E-state index is -0.485. The lowest BCUT2D eigenvalue weighted by Gasteiger charge is -1.99. The van der Waals surface area contributed by atoms with Gasteiger partial charge in [0.2, 0.25) is 0 Å². The first-order valence-corrected chi connectivity index (χ1v) is 4.80. The van der Waals surface area contributed by atoms with Crippen LogP contribution < -0.4 is 0 Å². The van der Waals surface area contributed by atoms with E-state index >= 15 is 0 Å². The Balaban J connectivity index is 0.000000791. The summed E-state index contributed by atoms with van der Waals surface area (Å²) in [6.07, 6.45) is 0. The van der Waals surface area contributed by atoms with E-state index in [2.05, 4.69) is 9.72 Å². The van der Waals surface area contributed by atoms with E-state index in [1.54, 1.807) is 0 Å². The predicted molar refractivity (Wildman–Crippen MR) is 56.9 cm³/mol. The third kappa shape index (κ3) is 3.94. The van der Waals surface area contributed by atoms with Crippen LogP contribution >= 0.6 is 23.2 Å². The molecule has 0 radical (unpaired) electrons. The second kappa shape index (κ2) is 6.62. The van der Waals surface area contributed by atoms with Crippen molar-refractivity contribution in [3.63, 3.8) is 0 Å². The second-order valence-corrected chi connectivity index (χ2v) is 2.77. The standard InChI is InChI=1S/C7H5Cl2NO2.C2H6/c1-12-7(11)4-2-5(8)10-6(9)3-4;1-2/h2-3H,1H3;1-2H3. The summed E-state index contributed by atoms with van der Waals surface area (Å²) in [4.78, 5) is 14.6. The van der Waals surface area contributed by atoms with Gasteiger partial charge >= 0.3 is 5.97 Å². The van der Waals surface area contributed by atoms with Gasteiger partial charge in [-0.3, -0.25) is 0 Å². The van der Waals surface area contributed by atoms with Crippen molar-refractivity contribution in [2.75, 3.05) is 7.11 Å². The van der Waals surface area contributed by atoms with E-state index in [4.69, 9.17) is 23.2 Å². The molecule has 0 aliphatic rings. The van der Waals surface area contributed by atoms with Gasteiger partial charge in [0.15, 0.2) is 0 Å². The third-order valence-electron chi connectivity index (χ3n) is 1.18. The van der Waals surface area contributed by atoms with Gasteiger partial charge in [-0.15, -0.1) is 0 Å². The number of hydrogen-bond acceptors (Lipinski definition) is 3. The van der Waals surface area contributed by atoms with Crippen molar-refractivity contribution in [1.82, 2.24) is 4.98 Å². The number of halogens is 2. The molecule has 1 aromatic rings. The average Bonchev–Trinajstić information content (AvgIpc) is 2.18. The van der Waals surface area contributed by atoms with E-state index in [1.165, 1.54) is 19.2 Å². The Morgan fingerprint density at radius 1 is 1.29 bits per heavy atom. The van der Waals surface area contributed by atoms with Crippen molar-refractivity contribution in [2.45, 2.75) is 13.8 Å². The number of nitrogens with zero attached hydrogens (tertiary/aromatic N) is 1. The molecule has 0 aromatic carbocycles. The van der Waals surface area contributed by atoms with Crippen LogP contribution in [-0.4, -0.2) is 18.1 Å². The van der Waals surface area contributed by atoms with E-state index in [-0.39, 0.29) is 10.3 Å². The molecule has 0 N–H and O–H groups in total. The van der Waals surface area contributed by atoms with E-state index in [1.807, 2.05) is 13.8 Å². The lowest BCUT2D eigenvalue weighted by molar-refractivity contribution is 0.0600. The molecule has 0 bridgehead atoms. The Labute approximate surface area is 93.0 Å². The minimum Gasteiger partial charge on any atom is -0.465 e. The molecule has 0 spiro atoms. The topological polar surface area (TPSA) is 39.2 Å². The SMILES string of the molecule is CC.COC(=O)c1cc(Cl)nc(Cl)c1. The van der Waals surface area contributed by atoms with Gasteiger partial charge in [-0.25, -0.2) is 9.78 Å². The quantitative estimate of drug-likeness (QED) is 0.555. The fourth-order valence-electron chi connectivity index (χ4n) is 0.701. The first-order valence-electron chi connectivity index (χ1n) is 4.05. The number of rotatable bonds is 1. The van der Waals surface area contributed by atoms with Gasteiger partial charge in [-0.05, 0) is 12.1 Å². The van der Waals surface area contributed by atoms with Crippen LogP contribution in [0.3, 0.4) is 0 Å². The largest absolute Gasteiger partial charge is 0.465 e. The van der Waals surface area contributed by atoms with Crippen LogP contribution in [0.5, 0.6) is 0 Å². The summed E-state index contributed by atoms with van der Waals surface area (Å²) in [5, 5.41) is 0.339. The fraction of sp³-hybridized carbons (Fsp3) is 0.333. The number of carbonyl (C=O) groups excluding carboxylic acids is 1. The summed E-state index contributed by atoms with van der Waals surface area (Å²) in [6.45, 7) is 4.00. The summed E-state index contributed by atoms with van der Waals surface area (Å²) >= 11 is 11.1. The predicted octanol–water partition coefficient (Wildman–Crippen LogP) is 3.20. The molecule has 3 nitrogen and oxygen atoms in total. The van der Waals surface area contributed by atoms with E-state index in [0.717, 1.165) is 0 Å². The molecule has 5 heteroatoms. The Morgan fingerprint density at radius 2 is 1.71 bits per heavy atom. The number of carbonyl (C=O) groups is 1. The lowest BCUT2D eigenvalue weighted by atomic mass is 10.3. The summed E-state index contributed by atoms with van der Waals surface area (Å²) in [5.74, 6) is -0.485. The highest BCUT2D eigenvalue weighted by molar-refractivity contribution is 6.32. The molecule has 1 heterocycles. The van der Waals surface area contributed by atoms with E-state index in [9.17, 15) is 4.79 Å². The second-order valence-electron chi connectivity index (χ2n) is 1.99. The minimum absolute atomic E-state index is 0.169. The molecule has 14 heavy (non-hydrogen) atoms. The molecule has 0 amide bonds. The van der Waals surface area contributed by atoms with Crippen molar-refractivity contribution >= 4 is 29.2 Å². The van der Waals surface area contributed by atoms with Crippen LogP contribution in [-0.2, 0) is 4.74 Å². The monoisotopic (exact) mass is 235 g/mol. The van der Waals surface area contributed by atoms with Gasteiger partial charge in [0.1, 0.15) is 10.3 Å². The van der Waals surface area contributed by atoms with Gasteiger partial charge in [0, 0.05) is 0 Å². The molecule has 78 valence electrons. The highest BCUT2D eigenvalue weighted by Gasteiger charge is 2.07. The molecular weight excluding hydrogens is 225 g/mol. The molecule has 0 atom stereocenters. The number of methoxy groups -OCH3 is 1. The number of ether oxygens (including phenoxy) is 1. The Bertz CT molecular complexity index is 295. The first kappa shape index (κ1) is 13.2. The van der Waals surface area contributed by atoms with Crippen molar-refractivity contribution in [3.8, 4) is 0 Å². The summed E-state index contributed by atoms with van der Waals surface area (Å²) in [5.41, 5.74) is 0.294. The van der Waals surface area contributed by atoms with Crippen LogP contribution in [0.15, 0.2) is 12.1 Å². The zero-order valence-electron chi connectivity index (χ0n) is 8.17. The highest BCUT2D eigenvalue weighted by atomic mass is 35.5. The normalized spacial score (nSPS) is 8.64. The van der Waals surface area contributed by atoms with Crippen LogP contribution in [0.1, 0.15) is 24.2 Å². The maximum absolute atomic E-state index is 11.0. The van der Waals surface area contributed by atoms with Crippen molar-refractivity contribution < 1.29 is 9.53 Å². The van der Waals surface area contributed by atoms with Gasteiger partial charge in [-0.1, -0.05) is 37.0 Å². The number of pyridine rings is 1. The molecule has 1 aromatic heterocycles. The Morgan fingerprint density at radius 3 is 2.07 bits per heavy atom.